The Morgan fingerprint density at radius 3 is 1.26 bits per heavy atom. The Kier molecular flexibility index (Phi) is 20.9. The zero-order valence-electron chi connectivity index (χ0n) is 12.0. The Balaban J connectivity index is -0.000000270. The van der Waals surface area contributed by atoms with Crippen LogP contribution in [0, 0.1) is 0 Å². The van der Waals surface area contributed by atoms with Gasteiger partial charge < -0.3 is 13.6 Å². The van der Waals surface area contributed by atoms with E-state index in [2.05, 4.69) is 13.2 Å². The van der Waals surface area contributed by atoms with Gasteiger partial charge >= 0.3 is 11.9 Å². The van der Waals surface area contributed by atoms with Gasteiger partial charge in [-0.3, -0.25) is 0 Å². The summed E-state index contributed by atoms with van der Waals surface area (Å²) in [5, 5.41) is 0. The van der Waals surface area contributed by atoms with E-state index in [1.54, 1.807) is 0 Å². The molecule has 0 fully saturated rings. The first kappa shape index (κ1) is 33.4. The van der Waals surface area contributed by atoms with E-state index in [1.165, 1.54) is 0 Å². The maximum absolute atomic E-state index is 11.0. The minimum absolute atomic E-state index is 0. The topological polar surface area (TPSA) is 61.8 Å². The van der Waals surface area contributed by atoms with Gasteiger partial charge in [0.2, 0.25) is 16.6 Å². The smallest absolute Gasteiger partial charge is 0.329 e. The maximum atomic E-state index is 11.0. The fraction of sp³-hybridized carbons (Fsp3) is 0.625. The van der Waals surface area contributed by atoms with Gasteiger partial charge in [0.1, 0.15) is 12.5 Å². The van der Waals surface area contributed by atoms with Gasteiger partial charge in [0.15, 0.2) is 0 Å². The minimum Gasteiger partial charge on any atom is -0.463 e. The third-order valence-electron chi connectivity index (χ3n) is 2.01. The van der Waals surface area contributed by atoms with Gasteiger partial charge in [0, 0.05) is 12.2 Å². The van der Waals surface area contributed by atoms with Gasteiger partial charge in [-0.15, -0.1) is 0 Å². The standard InChI is InChI=1S/C12H22O5Si2.4CH4/c1-7-11(13)15-9-18(3,4)17-19(5,6)10-16-12(14)8-2;;;;/h7-8H,1-2,9-10H2,3-6H3;4*1H4. The third-order valence-corrected chi connectivity index (χ3v) is 8.11. The highest BCUT2D eigenvalue weighted by Gasteiger charge is 2.35. The molecule has 140 valence electrons. The molecular weight excluding hydrogens is 328 g/mol. The van der Waals surface area contributed by atoms with Crippen LogP contribution >= 0.6 is 0 Å². The summed E-state index contributed by atoms with van der Waals surface area (Å²) >= 11 is 0. The second kappa shape index (κ2) is 14.4. The predicted octanol–water partition coefficient (Wildman–Crippen LogP) is 4.49. The second-order valence-electron chi connectivity index (χ2n) is 5.25. The number of carbonyl (C=O) groups is 2. The van der Waals surface area contributed by atoms with Crippen LogP contribution in [-0.2, 0) is 23.2 Å². The molecule has 7 heteroatoms. The molecule has 0 saturated carbocycles. The molecule has 0 amide bonds. The van der Waals surface area contributed by atoms with Crippen LogP contribution in [0.5, 0.6) is 0 Å². The van der Waals surface area contributed by atoms with Crippen LogP contribution < -0.4 is 0 Å². The molecule has 0 aliphatic heterocycles. The molecule has 0 atom stereocenters. The molecule has 0 aromatic rings. The predicted molar refractivity (Wildman–Crippen MR) is 105 cm³/mol. The monoisotopic (exact) mass is 366 g/mol. The van der Waals surface area contributed by atoms with E-state index in [9.17, 15) is 9.59 Å². The lowest BCUT2D eigenvalue weighted by molar-refractivity contribution is -0.136. The van der Waals surface area contributed by atoms with Gasteiger partial charge in [-0.05, 0) is 26.2 Å². The Bertz CT molecular complexity index is 331. The largest absolute Gasteiger partial charge is 0.463 e. The second-order valence-corrected chi connectivity index (χ2v) is 13.7. The normalized spacial score (nSPS) is 9.57. The molecule has 0 unspecified atom stereocenters. The Morgan fingerprint density at radius 2 is 1.04 bits per heavy atom. The molecular formula is C16H38O5Si2. The average Bonchev–Trinajstić information content (AvgIpc) is 2.31. The molecule has 0 N–H and O–H groups in total. The summed E-state index contributed by atoms with van der Waals surface area (Å²) in [6, 6.07) is 0. The number of hydrogen-bond donors (Lipinski definition) is 0. The summed E-state index contributed by atoms with van der Waals surface area (Å²) in [5.41, 5.74) is 0. The van der Waals surface area contributed by atoms with Crippen molar-refractivity contribution in [1.82, 2.24) is 0 Å². The maximum Gasteiger partial charge on any atom is 0.329 e. The van der Waals surface area contributed by atoms with E-state index in [0.29, 0.717) is 0 Å². The van der Waals surface area contributed by atoms with Crippen molar-refractivity contribution in [2.75, 3.05) is 12.5 Å². The summed E-state index contributed by atoms with van der Waals surface area (Å²) in [6.07, 6.45) is 2.76. The molecule has 0 heterocycles. The van der Waals surface area contributed by atoms with Gasteiger partial charge in [0.25, 0.3) is 0 Å². The zero-order chi connectivity index (χ0) is 15.1. The molecule has 0 spiro atoms. The van der Waals surface area contributed by atoms with Gasteiger partial charge in [-0.1, -0.05) is 42.9 Å². The van der Waals surface area contributed by atoms with Crippen LogP contribution in [0.2, 0.25) is 26.2 Å². The quantitative estimate of drug-likeness (QED) is 0.360. The van der Waals surface area contributed by atoms with Gasteiger partial charge in [-0.25, -0.2) is 9.59 Å². The molecule has 0 radical (unpaired) electrons. The molecule has 0 aromatic heterocycles. The summed E-state index contributed by atoms with van der Waals surface area (Å²) < 4.78 is 16.1. The van der Waals surface area contributed by atoms with Crippen LogP contribution in [0.25, 0.3) is 0 Å². The summed E-state index contributed by atoms with van der Waals surface area (Å²) in [4.78, 5) is 22.1. The first-order chi connectivity index (χ1) is 8.62. The van der Waals surface area contributed by atoms with Gasteiger partial charge in [-0.2, -0.15) is 0 Å². The molecule has 0 aromatic carbocycles. The Labute approximate surface area is 146 Å². The fourth-order valence-corrected chi connectivity index (χ4v) is 8.85. The van der Waals surface area contributed by atoms with Crippen molar-refractivity contribution in [2.45, 2.75) is 55.9 Å². The first-order valence-corrected chi connectivity index (χ1v) is 12.1. The van der Waals surface area contributed by atoms with E-state index < -0.39 is 28.6 Å². The number of rotatable bonds is 8. The molecule has 0 aliphatic carbocycles. The average molecular weight is 367 g/mol. The van der Waals surface area contributed by atoms with Crippen LogP contribution in [0.15, 0.2) is 25.3 Å². The van der Waals surface area contributed by atoms with E-state index in [-0.39, 0.29) is 42.2 Å². The van der Waals surface area contributed by atoms with Gasteiger partial charge in [0.05, 0.1) is 0 Å². The van der Waals surface area contributed by atoms with Crippen LogP contribution in [0.1, 0.15) is 29.7 Å². The fourth-order valence-electron chi connectivity index (χ4n) is 1.41. The lowest BCUT2D eigenvalue weighted by Crippen LogP contribution is -2.51. The van der Waals surface area contributed by atoms with Crippen molar-refractivity contribution >= 4 is 28.6 Å². The minimum atomic E-state index is -2.15. The van der Waals surface area contributed by atoms with Crippen molar-refractivity contribution in [2.24, 2.45) is 0 Å². The SMILES string of the molecule is C.C.C.C.C=CC(=O)OC[Si](C)(C)O[Si](C)(C)COC(=O)C=C. The van der Waals surface area contributed by atoms with E-state index in [1.807, 2.05) is 26.2 Å². The summed E-state index contributed by atoms with van der Waals surface area (Å²) in [7, 11) is -4.29. The number of ether oxygens (including phenoxy) is 2. The van der Waals surface area contributed by atoms with Crippen molar-refractivity contribution < 1.29 is 23.2 Å². The molecule has 0 saturated heterocycles. The van der Waals surface area contributed by atoms with Crippen LogP contribution in [0.3, 0.4) is 0 Å². The number of hydrogen-bond acceptors (Lipinski definition) is 5. The zero-order valence-corrected chi connectivity index (χ0v) is 14.0. The van der Waals surface area contributed by atoms with Crippen LogP contribution in [-0.4, -0.2) is 41.0 Å². The molecule has 0 bridgehead atoms. The van der Waals surface area contributed by atoms with E-state index >= 15 is 0 Å². The van der Waals surface area contributed by atoms with Crippen molar-refractivity contribution in [1.29, 1.82) is 0 Å². The molecule has 5 nitrogen and oxygen atoms in total. The number of esters is 2. The van der Waals surface area contributed by atoms with E-state index in [0.717, 1.165) is 12.2 Å². The Hall–Kier alpha value is -1.19. The van der Waals surface area contributed by atoms with E-state index in [4.69, 9.17) is 13.6 Å². The third kappa shape index (κ3) is 17.0. The lowest BCUT2D eigenvalue weighted by Gasteiger charge is -2.32. The number of carbonyl (C=O) groups excluding carboxylic acids is 2. The lowest BCUT2D eigenvalue weighted by atomic mass is 10.7. The summed E-state index contributed by atoms with van der Waals surface area (Å²) in [6.45, 7) is 14.5. The molecule has 0 aliphatic rings. The highest BCUT2D eigenvalue weighted by atomic mass is 28.4. The highest BCUT2D eigenvalue weighted by Crippen LogP contribution is 2.15. The molecule has 0 rings (SSSR count). The Morgan fingerprint density at radius 1 is 0.783 bits per heavy atom. The van der Waals surface area contributed by atoms with Crippen molar-refractivity contribution in [3.05, 3.63) is 25.3 Å². The van der Waals surface area contributed by atoms with Crippen LogP contribution in [0.4, 0.5) is 0 Å². The summed E-state index contributed by atoms with van der Waals surface area (Å²) in [5.74, 6) is -0.913. The molecule has 23 heavy (non-hydrogen) atoms. The van der Waals surface area contributed by atoms with Crippen molar-refractivity contribution in [3.8, 4) is 0 Å². The van der Waals surface area contributed by atoms with Crippen molar-refractivity contribution in [3.63, 3.8) is 0 Å². The first-order valence-electron chi connectivity index (χ1n) is 5.90. The highest BCUT2D eigenvalue weighted by molar-refractivity contribution is 6.84.